The molecule has 0 spiro atoms. The van der Waals surface area contributed by atoms with E-state index in [1.807, 2.05) is 74.5 Å². The molecule has 0 radical (unpaired) electrons. The second-order valence-electron chi connectivity index (χ2n) is 12.4. The molecule has 3 rings (SSSR count). The lowest BCUT2D eigenvalue weighted by Gasteiger charge is -2.36. The van der Waals surface area contributed by atoms with Gasteiger partial charge in [-0.15, -0.1) is 11.8 Å². The Hall–Kier alpha value is -3.63. The fourth-order valence-electron chi connectivity index (χ4n) is 4.96. The lowest BCUT2D eigenvalue weighted by molar-refractivity contribution is -0.191. The second-order valence-corrected chi connectivity index (χ2v) is 12.4. The van der Waals surface area contributed by atoms with Gasteiger partial charge >= 0.3 is 17.9 Å². The highest BCUT2D eigenvalue weighted by molar-refractivity contribution is 6.04. The highest BCUT2D eigenvalue weighted by Crippen LogP contribution is 2.41. The first-order valence-corrected chi connectivity index (χ1v) is 14.8. The van der Waals surface area contributed by atoms with E-state index < -0.39 is 34.8 Å². The molecule has 0 saturated carbocycles. The first-order chi connectivity index (χ1) is 20.0. The molecule has 0 aromatic heterocycles. The van der Waals surface area contributed by atoms with Crippen molar-refractivity contribution in [2.75, 3.05) is 13.1 Å². The summed E-state index contributed by atoms with van der Waals surface area (Å²) in [6, 6.07) is 18.5. The van der Waals surface area contributed by atoms with Gasteiger partial charge in [0.1, 0.15) is 18.8 Å². The van der Waals surface area contributed by atoms with Crippen LogP contribution in [-0.4, -0.2) is 36.6 Å². The predicted octanol–water partition coefficient (Wildman–Crippen LogP) is 5.86. The monoisotopic (exact) mass is 575 g/mol. The van der Waals surface area contributed by atoms with Crippen LogP contribution in [0.5, 0.6) is 0 Å². The molecule has 1 fully saturated rings. The zero-order valence-electron chi connectivity index (χ0n) is 25.6. The van der Waals surface area contributed by atoms with Gasteiger partial charge in [-0.25, -0.2) is 0 Å². The third-order valence-corrected chi connectivity index (χ3v) is 7.20. The molecule has 1 heterocycles. The van der Waals surface area contributed by atoms with Crippen LogP contribution in [0, 0.1) is 35.0 Å². The number of rotatable bonds is 12. The number of nitrogens with one attached hydrogen (secondary N) is 1. The number of esters is 3. The largest absolute Gasteiger partial charge is 0.461 e. The highest BCUT2D eigenvalue weighted by Gasteiger charge is 2.58. The molecule has 2 aromatic carbocycles. The van der Waals surface area contributed by atoms with E-state index in [1.54, 1.807) is 20.8 Å². The first-order valence-electron chi connectivity index (χ1n) is 14.8. The number of ether oxygens (including phenoxy) is 3. The summed E-state index contributed by atoms with van der Waals surface area (Å²) in [6.07, 6.45) is 1.64. The Morgan fingerprint density at radius 3 is 2.00 bits per heavy atom. The van der Waals surface area contributed by atoms with E-state index in [-0.39, 0.29) is 32.0 Å². The summed E-state index contributed by atoms with van der Waals surface area (Å²) >= 11 is 0. The Labute approximate surface area is 250 Å². The predicted molar refractivity (Wildman–Crippen MR) is 162 cm³/mol. The van der Waals surface area contributed by atoms with Crippen LogP contribution in [0.4, 0.5) is 0 Å². The molecule has 1 N–H and O–H groups in total. The van der Waals surface area contributed by atoms with Crippen molar-refractivity contribution >= 4 is 17.9 Å². The Morgan fingerprint density at radius 2 is 1.48 bits per heavy atom. The smallest absolute Gasteiger partial charge is 0.325 e. The molecule has 1 aliphatic rings. The van der Waals surface area contributed by atoms with E-state index in [0.717, 1.165) is 30.6 Å². The minimum Gasteiger partial charge on any atom is -0.461 e. The number of carbonyl (C=O) groups excluding carboxylic acids is 3. The SMILES string of the molecule is CC(C)C[C@@H](C(=O)OCc1ccccc1)C(CC#CCC1CCNC1)(C(=O)OCc1ccccc1)C(=O)OC(C)(C)C. The van der Waals surface area contributed by atoms with Crippen molar-refractivity contribution in [2.45, 2.75) is 79.1 Å². The van der Waals surface area contributed by atoms with Crippen molar-refractivity contribution in [1.29, 1.82) is 0 Å². The molecule has 226 valence electrons. The van der Waals surface area contributed by atoms with Crippen LogP contribution in [-0.2, 0) is 41.8 Å². The number of hydrogen-bond acceptors (Lipinski definition) is 7. The average molecular weight is 576 g/mol. The van der Waals surface area contributed by atoms with Gasteiger partial charge in [-0.3, -0.25) is 14.4 Å². The average Bonchev–Trinajstić information content (AvgIpc) is 3.47. The van der Waals surface area contributed by atoms with Gasteiger partial charge in [0, 0.05) is 12.8 Å². The summed E-state index contributed by atoms with van der Waals surface area (Å²) in [5.41, 5.74) is -1.37. The van der Waals surface area contributed by atoms with E-state index in [1.165, 1.54) is 0 Å². The van der Waals surface area contributed by atoms with Gasteiger partial charge < -0.3 is 19.5 Å². The summed E-state index contributed by atoms with van der Waals surface area (Å²) in [7, 11) is 0. The topological polar surface area (TPSA) is 90.9 Å². The van der Waals surface area contributed by atoms with E-state index in [2.05, 4.69) is 17.2 Å². The van der Waals surface area contributed by atoms with Gasteiger partial charge in [-0.1, -0.05) is 74.5 Å². The quantitative estimate of drug-likeness (QED) is 0.147. The third kappa shape index (κ3) is 9.73. The van der Waals surface area contributed by atoms with E-state index >= 15 is 0 Å². The highest BCUT2D eigenvalue weighted by atomic mass is 16.6. The normalized spacial score (nSPS) is 17.0. The molecular formula is C35H45NO6. The van der Waals surface area contributed by atoms with Crippen molar-refractivity contribution in [3.63, 3.8) is 0 Å². The number of carbonyl (C=O) groups is 3. The fourth-order valence-corrected chi connectivity index (χ4v) is 4.96. The lowest BCUT2D eigenvalue weighted by atomic mass is 9.69. The van der Waals surface area contributed by atoms with E-state index in [9.17, 15) is 14.4 Å². The molecule has 2 unspecified atom stereocenters. The van der Waals surface area contributed by atoms with Crippen LogP contribution in [0.3, 0.4) is 0 Å². The maximum Gasteiger partial charge on any atom is 0.325 e. The number of hydrogen-bond donors (Lipinski definition) is 1. The third-order valence-electron chi connectivity index (χ3n) is 7.20. The maximum absolute atomic E-state index is 14.2. The summed E-state index contributed by atoms with van der Waals surface area (Å²) < 4.78 is 17.4. The lowest BCUT2D eigenvalue weighted by Crippen LogP contribution is -2.52. The van der Waals surface area contributed by atoms with Crippen LogP contribution < -0.4 is 5.32 Å². The van der Waals surface area contributed by atoms with Crippen molar-refractivity contribution in [3.8, 4) is 11.8 Å². The van der Waals surface area contributed by atoms with Crippen LogP contribution in [0.15, 0.2) is 60.7 Å². The standard InChI is InChI=1S/C35H45NO6/c1-26(2)22-30(31(37)40-24-28-15-8-6-9-16-28)35(33(39)42-34(3,4)5,20-13-12-14-27-19-21-36-23-27)32(38)41-25-29-17-10-7-11-18-29/h6-11,15-18,26-27,30,36H,14,19-25H2,1-5H3/t27?,30-,35?/m0/s1. The molecule has 42 heavy (non-hydrogen) atoms. The van der Waals surface area contributed by atoms with Gasteiger partial charge in [0.25, 0.3) is 0 Å². The van der Waals surface area contributed by atoms with Gasteiger partial charge in [-0.2, -0.15) is 0 Å². The Kier molecular flexibility index (Phi) is 12.2. The molecule has 0 amide bonds. The van der Waals surface area contributed by atoms with Gasteiger partial charge in [0.05, 0.1) is 5.92 Å². The number of benzene rings is 2. The molecule has 1 saturated heterocycles. The molecule has 1 aliphatic heterocycles. The van der Waals surface area contributed by atoms with Crippen molar-refractivity contribution < 1.29 is 28.6 Å². The van der Waals surface area contributed by atoms with Crippen LogP contribution in [0.25, 0.3) is 0 Å². The van der Waals surface area contributed by atoms with Crippen molar-refractivity contribution in [1.82, 2.24) is 5.32 Å². The van der Waals surface area contributed by atoms with E-state index in [0.29, 0.717) is 12.3 Å². The fraction of sp³-hybridized carbons (Fsp3) is 0.514. The van der Waals surface area contributed by atoms with Crippen LogP contribution >= 0.6 is 0 Å². The molecular weight excluding hydrogens is 530 g/mol. The Bertz CT molecular complexity index is 1220. The van der Waals surface area contributed by atoms with Gasteiger partial charge in [0.2, 0.25) is 0 Å². The second kappa shape index (κ2) is 15.6. The Morgan fingerprint density at radius 1 is 0.881 bits per heavy atom. The summed E-state index contributed by atoms with van der Waals surface area (Å²) in [5.74, 6) is 3.15. The molecule has 0 bridgehead atoms. The molecule has 3 atom stereocenters. The summed E-state index contributed by atoms with van der Waals surface area (Å²) in [4.78, 5) is 42.3. The minimum absolute atomic E-state index is 0.0120. The summed E-state index contributed by atoms with van der Waals surface area (Å²) in [6.45, 7) is 10.9. The van der Waals surface area contributed by atoms with Crippen molar-refractivity contribution in [3.05, 3.63) is 71.8 Å². The van der Waals surface area contributed by atoms with E-state index in [4.69, 9.17) is 14.2 Å². The zero-order valence-corrected chi connectivity index (χ0v) is 25.6. The molecule has 0 aliphatic carbocycles. The summed E-state index contributed by atoms with van der Waals surface area (Å²) in [5, 5.41) is 3.33. The van der Waals surface area contributed by atoms with Crippen LogP contribution in [0.1, 0.15) is 71.4 Å². The first kappa shape index (κ1) is 32.9. The van der Waals surface area contributed by atoms with Crippen molar-refractivity contribution in [2.24, 2.45) is 23.2 Å². The van der Waals surface area contributed by atoms with Gasteiger partial charge in [-0.05, 0) is 69.7 Å². The molecule has 7 nitrogen and oxygen atoms in total. The van der Waals surface area contributed by atoms with Gasteiger partial charge in [0.15, 0.2) is 5.41 Å². The Balaban J connectivity index is 2.03. The van der Waals surface area contributed by atoms with Crippen LogP contribution in [0.2, 0.25) is 0 Å². The maximum atomic E-state index is 14.2. The minimum atomic E-state index is -2.01. The zero-order chi connectivity index (χ0) is 30.6. The molecule has 7 heteroatoms. The molecule has 2 aromatic rings.